The SMILES string of the molecule is CC(C)(O)CC1=CN=C(NC=O)[B]1. The highest BCUT2D eigenvalue weighted by molar-refractivity contribution is 6.82. The zero-order chi connectivity index (χ0) is 9.90. The van der Waals surface area contributed by atoms with Crippen molar-refractivity contribution in [1.29, 1.82) is 0 Å². The van der Waals surface area contributed by atoms with E-state index in [0.717, 1.165) is 5.47 Å². The lowest BCUT2D eigenvalue weighted by Gasteiger charge is -2.16. The predicted molar refractivity (Wildman–Crippen MR) is 51.4 cm³/mol. The molecule has 1 aliphatic heterocycles. The Morgan fingerprint density at radius 3 is 3.00 bits per heavy atom. The summed E-state index contributed by atoms with van der Waals surface area (Å²) in [5, 5.41) is 11.9. The van der Waals surface area contributed by atoms with Gasteiger partial charge in [-0.15, -0.1) is 0 Å². The molecule has 1 aliphatic rings. The summed E-state index contributed by atoms with van der Waals surface area (Å²) in [5.74, 6) is 0. The number of aliphatic imine (C=N–C) groups is 1. The van der Waals surface area contributed by atoms with Crippen molar-refractivity contribution in [2.75, 3.05) is 0 Å². The van der Waals surface area contributed by atoms with Crippen LogP contribution < -0.4 is 5.32 Å². The molecule has 69 valence electrons. The Hall–Kier alpha value is -1.10. The minimum absolute atomic E-state index is 0.522. The lowest BCUT2D eigenvalue weighted by Crippen LogP contribution is -2.28. The molecule has 13 heavy (non-hydrogen) atoms. The Morgan fingerprint density at radius 2 is 2.46 bits per heavy atom. The van der Waals surface area contributed by atoms with Crippen molar-refractivity contribution in [2.45, 2.75) is 25.9 Å². The smallest absolute Gasteiger partial charge is 0.237 e. The van der Waals surface area contributed by atoms with E-state index < -0.39 is 5.60 Å². The number of amidine groups is 1. The standard InChI is InChI=1S/C8H12BN2O2/c1-8(2,13)3-6-4-10-7(9-6)11-5-12/h4-5,13H,3H2,1-2H3,(H,10,11,12). The van der Waals surface area contributed by atoms with E-state index in [2.05, 4.69) is 10.3 Å². The van der Waals surface area contributed by atoms with Gasteiger partial charge < -0.3 is 10.4 Å². The molecule has 0 aromatic carbocycles. The third-order valence-corrected chi connectivity index (χ3v) is 1.54. The van der Waals surface area contributed by atoms with Crippen molar-refractivity contribution in [2.24, 2.45) is 4.99 Å². The average Bonchev–Trinajstić information content (AvgIpc) is 2.33. The summed E-state index contributed by atoms with van der Waals surface area (Å²) in [7, 11) is 1.74. The van der Waals surface area contributed by atoms with Gasteiger partial charge >= 0.3 is 0 Å². The number of hydrogen-bond donors (Lipinski definition) is 2. The molecule has 0 saturated heterocycles. The lowest BCUT2D eigenvalue weighted by atomic mass is 9.67. The highest BCUT2D eigenvalue weighted by Crippen LogP contribution is 2.16. The molecule has 0 aromatic heterocycles. The molecule has 1 amide bonds. The minimum atomic E-state index is -0.742. The topological polar surface area (TPSA) is 61.7 Å². The maximum Gasteiger partial charge on any atom is 0.237 e. The van der Waals surface area contributed by atoms with Crippen molar-refractivity contribution in [3.8, 4) is 0 Å². The predicted octanol–water partition coefficient (Wildman–Crippen LogP) is -0.191. The number of hydrogen-bond acceptors (Lipinski definition) is 3. The summed E-state index contributed by atoms with van der Waals surface area (Å²) in [6, 6.07) is 0. The number of amides is 1. The monoisotopic (exact) mass is 179 g/mol. The first-order valence-corrected chi connectivity index (χ1v) is 4.05. The molecule has 0 bridgehead atoms. The van der Waals surface area contributed by atoms with Crippen molar-refractivity contribution < 1.29 is 9.90 Å². The van der Waals surface area contributed by atoms with E-state index in [1.54, 1.807) is 27.3 Å². The first-order chi connectivity index (χ1) is 6.01. The van der Waals surface area contributed by atoms with Gasteiger partial charge in [-0.3, -0.25) is 9.79 Å². The van der Waals surface area contributed by atoms with Crippen LogP contribution in [0.2, 0.25) is 0 Å². The van der Waals surface area contributed by atoms with Crippen LogP contribution in [0.25, 0.3) is 0 Å². The molecule has 1 radical (unpaired) electrons. The van der Waals surface area contributed by atoms with Gasteiger partial charge in [0.2, 0.25) is 13.7 Å². The van der Waals surface area contributed by atoms with Crippen LogP contribution in [0.3, 0.4) is 0 Å². The van der Waals surface area contributed by atoms with Crippen LogP contribution in [-0.2, 0) is 4.79 Å². The fourth-order valence-electron chi connectivity index (χ4n) is 1.14. The van der Waals surface area contributed by atoms with Gasteiger partial charge in [0.25, 0.3) is 0 Å². The molecule has 0 saturated carbocycles. The fourth-order valence-corrected chi connectivity index (χ4v) is 1.14. The Labute approximate surface area is 78.0 Å². The molecule has 0 unspecified atom stereocenters. The maximum absolute atomic E-state index is 10.1. The molecule has 0 fully saturated rings. The largest absolute Gasteiger partial charge is 0.390 e. The number of aliphatic hydroxyl groups is 1. The second kappa shape index (κ2) is 3.74. The van der Waals surface area contributed by atoms with Crippen LogP contribution >= 0.6 is 0 Å². The molecule has 5 heteroatoms. The van der Waals surface area contributed by atoms with Gasteiger partial charge in [0.1, 0.15) is 0 Å². The zero-order valence-electron chi connectivity index (χ0n) is 7.74. The van der Waals surface area contributed by atoms with Gasteiger partial charge in [-0.2, -0.15) is 0 Å². The summed E-state index contributed by atoms with van der Waals surface area (Å²) >= 11 is 0. The van der Waals surface area contributed by atoms with Crippen LogP contribution in [0.15, 0.2) is 16.7 Å². The van der Waals surface area contributed by atoms with Crippen molar-refractivity contribution in [1.82, 2.24) is 5.32 Å². The third-order valence-electron chi connectivity index (χ3n) is 1.54. The molecule has 0 spiro atoms. The molecule has 2 N–H and O–H groups in total. The Bertz CT molecular complexity index is 266. The third kappa shape index (κ3) is 3.42. The van der Waals surface area contributed by atoms with Gasteiger partial charge in [-0.25, -0.2) is 0 Å². The highest BCUT2D eigenvalue weighted by atomic mass is 16.3. The Balaban J connectivity index is 2.41. The van der Waals surface area contributed by atoms with E-state index in [9.17, 15) is 9.90 Å². The number of nitrogens with zero attached hydrogens (tertiary/aromatic N) is 1. The second-order valence-corrected chi connectivity index (χ2v) is 3.61. The van der Waals surface area contributed by atoms with E-state index in [-0.39, 0.29) is 0 Å². The summed E-state index contributed by atoms with van der Waals surface area (Å²) in [6.07, 6.45) is 2.75. The molecular weight excluding hydrogens is 167 g/mol. The van der Waals surface area contributed by atoms with Gasteiger partial charge in [0.05, 0.1) is 11.3 Å². The molecule has 0 aromatic rings. The molecule has 1 rings (SSSR count). The summed E-state index contributed by atoms with van der Waals surface area (Å²) in [5.41, 5.74) is 0.695. The van der Waals surface area contributed by atoms with Crippen LogP contribution in [-0.4, -0.2) is 30.1 Å². The van der Waals surface area contributed by atoms with Crippen LogP contribution in [0.5, 0.6) is 0 Å². The summed E-state index contributed by atoms with van der Waals surface area (Å²) in [6.45, 7) is 3.46. The zero-order valence-corrected chi connectivity index (χ0v) is 7.74. The van der Waals surface area contributed by atoms with E-state index in [1.807, 2.05) is 0 Å². The maximum atomic E-state index is 10.1. The van der Waals surface area contributed by atoms with Crippen molar-refractivity contribution >= 4 is 19.4 Å². The fraction of sp³-hybridized carbons (Fsp3) is 0.500. The average molecular weight is 179 g/mol. The van der Waals surface area contributed by atoms with E-state index >= 15 is 0 Å². The molecule has 4 nitrogen and oxygen atoms in total. The highest BCUT2D eigenvalue weighted by Gasteiger charge is 2.19. The van der Waals surface area contributed by atoms with Gasteiger partial charge in [-0.05, 0) is 20.3 Å². The van der Waals surface area contributed by atoms with E-state index in [0.29, 0.717) is 18.6 Å². The molecule has 0 aliphatic carbocycles. The van der Waals surface area contributed by atoms with Crippen molar-refractivity contribution in [3.05, 3.63) is 11.7 Å². The second-order valence-electron chi connectivity index (χ2n) is 3.61. The first-order valence-electron chi connectivity index (χ1n) is 4.05. The lowest BCUT2D eigenvalue weighted by molar-refractivity contribution is -0.108. The first kappa shape index (κ1) is 9.99. The number of nitrogens with one attached hydrogen (secondary N) is 1. The van der Waals surface area contributed by atoms with Crippen LogP contribution in [0.4, 0.5) is 0 Å². The van der Waals surface area contributed by atoms with Gasteiger partial charge in [-0.1, -0.05) is 5.47 Å². The Kier molecular flexibility index (Phi) is 2.88. The number of rotatable bonds is 3. The number of carbonyl (C=O) groups excluding carboxylic acids is 1. The number of carbonyl (C=O) groups is 1. The van der Waals surface area contributed by atoms with E-state index in [1.165, 1.54) is 0 Å². The van der Waals surface area contributed by atoms with Gasteiger partial charge in [0, 0.05) is 6.20 Å². The molecular formula is C8H12BN2O2. The Morgan fingerprint density at radius 1 is 1.77 bits per heavy atom. The minimum Gasteiger partial charge on any atom is -0.390 e. The summed E-state index contributed by atoms with van der Waals surface area (Å²) in [4.78, 5) is 14.0. The van der Waals surface area contributed by atoms with Crippen LogP contribution in [0, 0.1) is 0 Å². The normalized spacial score (nSPS) is 15.9. The quantitative estimate of drug-likeness (QED) is 0.465. The van der Waals surface area contributed by atoms with Crippen LogP contribution in [0.1, 0.15) is 20.3 Å². The summed E-state index contributed by atoms with van der Waals surface area (Å²) < 4.78 is 0. The van der Waals surface area contributed by atoms with Gasteiger partial charge in [0.15, 0.2) is 0 Å². The van der Waals surface area contributed by atoms with E-state index in [4.69, 9.17) is 0 Å². The van der Waals surface area contributed by atoms with Crippen molar-refractivity contribution in [3.63, 3.8) is 0 Å². The molecule has 1 heterocycles. The molecule has 0 atom stereocenters.